The fourth-order valence-corrected chi connectivity index (χ4v) is 4.80. The van der Waals surface area contributed by atoms with E-state index >= 15 is 0 Å². The third kappa shape index (κ3) is 3.83. The van der Waals surface area contributed by atoms with Gasteiger partial charge in [0.1, 0.15) is 12.4 Å². The molecular weight excluding hydrogens is 396 g/mol. The van der Waals surface area contributed by atoms with Crippen LogP contribution < -0.4 is 4.74 Å². The number of nitrogens with zero attached hydrogens (tertiary/aromatic N) is 2. The number of fused-ring (bicyclic) bond motifs is 1. The van der Waals surface area contributed by atoms with Crippen LogP contribution in [0.4, 0.5) is 0 Å². The molecule has 0 bridgehead atoms. The van der Waals surface area contributed by atoms with Gasteiger partial charge in [-0.05, 0) is 54.8 Å². The molecule has 3 aromatic carbocycles. The Hall–Kier alpha value is -3.12. The topological polar surface area (TPSA) is 61.2 Å². The Morgan fingerprint density at radius 3 is 2.27 bits per heavy atom. The monoisotopic (exact) mass is 420 g/mol. The van der Waals surface area contributed by atoms with Crippen LogP contribution in [0.2, 0.25) is 0 Å². The minimum Gasteiger partial charge on any atom is -0.486 e. The van der Waals surface area contributed by atoms with Gasteiger partial charge in [0.15, 0.2) is 5.82 Å². The lowest BCUT2D eigenvalue weighted by Crippen LogP contribution is -2.17. The highest BCUT2D eigenvalue weighted by atomic mass is 32.2. The zero-order chi connectivity index (χ0) is 21.3. The van der Waals surface area contributed by atoms with Gasteiger partial charge in [0.05, 0.1) is 15.9 Å². The maximum absolute atomic E-state index is 13.5. The standard InChI is InChI=1S/C24H24N2O3S/c1-17(2)19-10-14-21(15-11-19)30(27,28)26-23-7-5-4-6-22(23)25-24(26)16-29-20-12-8-18(3)9-13-20/h4-15,17H,16H2,1-3H3. The normalized spacial score (nSPS) is 11.9. The van der Waals surface area contributed by atoms with Crippen LogP contribution in [-0.4, -0.2) is 17.4 Å². The SMILES string of the molecule is Cc1ccc(OCc2nc3ccccc3n2S(=O)(=O)c2ccc(C(C)C)cc2)cc1. The van der Waals surface area contributed by atoms with Crippen molar-refractivity contribution >= 4 is 21.1 Å². The molecule has 0 N–H and O–H groups in total. The van der Waals surface area contributed by atoms with Crippen LogP contribution in [0.3, 0.4) is 0 Å². The Bertz CT molecular complexity index is 1270. The molecule has 4 rings (SSSR count). The average molecular weight is 421 g/mol. The maximum atomic E-state index is 13.5. The summed E-state index contributed by atoms with van der Waals surface area (Å²) in [6.07, 6.45) is 0. The molecule has 6 heteroatoms. The zero-order valence-electron chi connectivity index (χ0n) is 17.2. The lowest BCUT2D eigenvalue weighted by Gasteiger charge is -2.13. The quantitative estimate of drug-likeness (QED) is 0.426. The lowest BCUT2D eigenvalue weighted by atomic mass is 10.0. The predicted molar refractivity (Wildman–Crippen MR) is 118 cm³/mol. The van der Waals surface area contributed by atoms with E-state index in [-0.39, 0.29) is 11.5 Å². The highest BCUT2D eigenvalue weighted by molar-refractivity contribution is 7.90. The minimum absolute atomic E-state index is 0.0427. The van der Waals surface area contributed by atoms with Gasteiger partial charge in [0, 0.05) is 0 Å². The van der Waals surface area contributed by atoms with Crippen LogP contribution in [0.25, 0.3) is 11.0 Å². The molecule has 0 spiro atoms. The third-order valence-corrected chi connectivity index (χ3v) is 6.81. The third-order valence-electron chi connectivity index (χ3n) is 5.06. The molecule has 1 heterocycles. The van der Waals surface area contributed by atoms with Crippen LogP contribution in [0.5, 0.6) is 5.75 Å². The van der Waals surface area contributed by atoms with Gasteiger partial charge in [0.25, 0.3) is 10.0 Å². The van der Waals surface area contributed by atoms with Crippen molar-refractivity contribution in [3.63, 3.8) is 0 Å². The van der Waals surface area contributed by atoms with E-state index in [0.717, 1.165) is 11.1 Å². The molecule has 0 fully saturated rings. The number of hydrogen-bond donors (Lipinski definition) is 0. The van der Waals surface area contributed by atoms with Crippen molar-refractivity contribution in [2.24, 2.45) is 0 Å². The van der Waals surface area contributed by atoms with Gasteiger partial charge in [-0.25, -0.2) is 17.4 Å². The molecule has 0 amide bonds. The highest BCUT2D eigenvalue weighted by Gasteiger charge is 2.24. The first kappa shape index (κ1) is 20.2. The largest absolute Gasteiger partial charge is 0.486 e. The number of benzene rings is 3. The number of imidazole rings is 1. The summed E-state index contributed by atoms with van der Waals surface area (Å²) in [6.45, 7) is 6.20. The Morgan fingerprint density at radius 1 is 0.933 bits per heavy atom. The molecule has 0 aliphatic heterocycles. The van der Waals surface area contributed by atoms with E-state index in [9.17, 15) is 8.42 Å². The van der Waals surface area contributed by atoms with Gasteiger partial charge >= 0.3 is 0 Å². The molecule has 0 aliphatic rings. The van der Waals surface area contributed by atoms with Crippen LogP contribution in [-0.2, 0) is 16.6 Å². The molecule has 0 aliphatic carbocycles. The summed E-state index contributed by atoms with van der Waals surface area (Å²) in [7, 11) is -3.83. The highest BCUT2D eigenvalue weighted by Crippen LogP contribution is 2.26. The van der Waals surface area contributed by atoms with E-state index in [1.807, 2.05) is 55.5 Å². The number of rotatable bonds is 6. The predicted octanol–water partition coefficient (Wildman–Crippen LogP) is 5.28. The van der Waals surface area contributed by atoms with Crippen molar-refractivity contribution in [3.05, 3.63) is 89.7 Å². The summed E-state index contributed by atoms with van der Waals surface area (Å²) in [5, 5.41) is 0. The Morgan fingerprint density at radius 2 is 1.60 bits per heavy atom. The van der Waals surface area contributed by atoms with Gasteiger partial charge in [-0.15, -0.1) is 0 Å². The first-order valence-corrected chi connectivity index (χ1v) is 11.3. The maximum Gasteiger partial charge on any atom is 0.269 e. The molecule has 0 saturated carbocycles. The van der Waals surface area contributed by atoms with Crippen molar-refractivity contribution < 1.29 is 13.2 Å². The Labute approximate surface area is 177 Å². The summed E-state index contributed by atoms with van der Waals surface area (Å²) in [4.78, 5) is 4.77. The second-order valence-electron chi connectivity index (χ2n) is 7.61. The number of ether oxygens (including phenoxy) is 1. The van der Waals surface area contributed by atoms with Crippen molar-refractivity contribution in [1.82, 2.24) is 8.96 Å². The lowest BCUT2D eigenvalue weighted by molar-refractivity contribution is 0.295. The van der Waals surface area contributed by atoms with Crippen LogP contribution >= 0.6 is 0 Å². The average Bonchev–Trinajstić information content (AvgIpc) is 3.12. The Balaban J connectivity index is 1.76. The molecule has 154 valence electrons. The molecule has 5 nitrogen and oxygen atoms in total. The number of hydrogen-bond acceptors (Lipinski definition) is 4. The molecule has 1 aromatic heterocycles. The van der Waals surface area contributed by atoms with Gasteiger partial charge in [0.2, 0.25) is 0 Å². The van der Waals surface area contributed by atoms with Crippen LogP contribution in [0, 0.1) is 6.92 Å². The molecule has 4 aromatic rings. The van der Waals surface area contributed by atoms with Crippen molar-refractivity contribution in [1.29, 1.82) is 0 Å². The van der Waals surface area contributed by atoms with Crippen molar-refractivity contribution in [2.75, 3.05) is 0 Å². The molecule has 0 atom stereocenters. The zero-order valence-corrected chi connectivity index (χ0v) is 18.1. The van der Waals surface area contributed by atoms with Crippen molar-refractivity contribution in [2.45, 2.75) is 38.2 Å². The van der Waals surface area contributed by atoms with E-state index in [2.05, 4.69) is 18.8 Å². The fourth-order valence-electron chi connectivity index (χ4n) is 3.33. The number of aryl methyl sites for hydroxylation is 1. The second-order valence-corrected chi connectivity index (χ2v) is 9.40. The number of para-hydroxylation sites is 2. The fraction of sp³-hybridized carbons (Fsp3) is 0.208. The summed E-state index contributed by atoms with van der Waals surface area (Å²) in [5.74, 6) is 1.33. The second kappa shape index (κ2) is 7.95. The molecule has 0 unspecified atom stereocenters. The van der Waals surface area contributed by atoms with E-state index in [0.29, 0.717) is 28.5 Å². The summed E-state index contributed by atoms with van der Waals surface area (Å²) >= 11 is 0. The van der Waals surface area contributed by atoms with E-state index in [4.69, 9.17) is 4.74 Å². The van der Waals surface area contributed by atoms with E-state index < -0.39 is 10.0 Å². The van der Waals surface area contributed by atoms with Gasteiger partial charge < -0.3 is 4.74 Å². The van der Waals surface area contributed by atoms with Gasteiger partial charge in [-0.2, -0.15) is 0 Å². The molecule has 0 saturated heterocycles. The van der Waals surface area contributed by atoms with Crippen molar-refractivity contribution in [3.8, 4) is 5.75 Å². The summed E-state index contributed by atoms with van der Waals surface area (Å²) < 4.78 is 34.2. The first-order valence-electron chi connectivity index (χ1n) is 9.87. The summed E-state index contributed by atoms with van der Waals surface area (Å²) in [6, 6.07) is 21.9. The molecule has 0 radical (unpaired) electrons. The number of aromatic nitrogens is 2. The first-order chi connectivity index (χ1) is 14.4. The molecular formula is C24H24N2O3S. The van der Waals surface area contributed by atoms with E-state index in [1.165, 1.54) is 3.97 Å². The van der Waals surface area contributed by atoms with Gasteiger partial charge in [-0.3, -0.25) is 0 Å². The van der Waals surface area contributed by atoms with Crippen LogP contribution in [0.15, 0.2) is 77.7 Å². The molecule has 30 heavy (non-hydrogen) atoms. The minimum atomic E-state index is -3.83. The smallest absolute Gasteiger partial charge is 0.269 e. The summed E-state index contributed by atoms with van der Waals surface area (Å²) in [5.41, 5.74) is 3.37. The van der Waals surface area contributed by atoms with Gasteiger partial charge in [-0.1, -0.05) is 55.8 Å². The Kier molecular flexibility index (Phi) is 5.35. The van der Waals surface area contributed by atoms with E-state index in [1.54, 1.807) is 24.3 Å². The van der Waals surface area contributed by atoms with Crippen LogP contribution in [0.1, 0.15) is 36.7 Å².